The SMILES string of the molecule is CC(C)(C)c1ccnc(-c2cc(C(C)(C)C)cc(-c3ccccc3)n2)c1. The minimum atomic E-state index is 0.0445. The minimum absolute atomic E-state index is 0.0445. The van der Waals surface area contributed by atoms with Gasteiger partial charge in [-0.1, -0.05) is 71.9 Å². The van der Waals surface area contributed by atoms with E-state index in [1.807, 2.05) is 12.3 Å². The Balaban J connectivity index is 2.19. The molecule has 0 saturated heterocycles. The molecule has 2 heterocycles. The van der Waals surface area contributed by atoms with Crippen LogP contribution in [0.25, 0.3) is 22.6 Å². The standard InChI is InChI=1S/C24H28N2/c1-23(2,3)18-12-13-25-21(14-18)22-16-19(24(4,5)6)15-20(26-22)17-10-8-7-9-11-17/h7-16H,1-6H3. The van der Waals surface area contributed by atoms with Crippen LogP contribution >= 0.6 is 0 Å². The van der Waals surface area contributed by atoms with Crippen LogP contribution in [-0.2, 0) is 10.8 Å². The van der Waals surface area contributed by atoms with Crippen molar-refractivity contribution >= 4 is 0 Å². The Labute approximate surface area is 157 Å². The highest BCUT2D eigenvalue weighted by Gasteiger charge is 2.19. The molecule has 1 aromatic carbocycles. The second-order valence-corrected chi connectivity index (χ2v) is 8.92. The van der Waals surface area contributed by atoms with Gasteiger partial charge in [-0.25, -0.2) is 4.98 Å². The van der Waals surface area contributed by atoms with Gasteiger partial charge in [0, 0.05) is 11.8 Å². The molecule has 0 amide bonds. The Morgan fingerprint density at radius 3 is 1.81 bits per heavy atom. The predicted octanol–water partition coefficient (Wildman–Crippen LogP) is 6.41. The first-order valence-corrected chi connectivity index (χ1v) is 9.19. The quantitative estimate of drug-likeness (QED) is 0.537. The Morgan fingerprint density at radius 2 is 1.19 bits per heavy atom. The molecular formula is C24H28N2. The molecule has 26 heavy (non-hydrogen) atoms. The Hall–Kier alpha value is -2.48. The highest BCUT2D eigenvalue weighted by molar-refractivity contribution is 5.66. The third-order valence-corrected chi connectivity index (χ3v) is 4.65. The fourth-order valence-corrected chi connectivity index (χ4v) is 2.89. The van der Waals surface area contributed by atoms with Gasteiger partial charge < -0.3 is 0 Å². The topological polar surface area (TPSA) is 25.8 Å². The lowest BCUT2D eigenvalue weighted by atomic mass is 9.85. The van der Waals surface area contributed by atoms with Crippen LogP contribution < -0.4 is 0 Å². The number of nitrogens with zero attached hydrogens (tertiary/aromatic N) is 2. The number of rotatable bonds is 2. The molecule has 0 atom stereocenters. The summed E-state index contributed by atoms with van der Waals surface area (Å²) < 4.78 is 0. The third-order valence-electron chi connectivity index (χ3n) is 4.65. The van der Waals surface area contributed by atoms with Crippen molar-refractivity contribution in [2.75, 3.05) is 0 Å². The molecule has 134 valence electrons. The first-order chi connectivity index (χ1) is 12.1. The molecule has 2 aromatic heterocycles. The Bertz CT molecular complexity index is 897. The van der Waals surface area contributed by atoms with Gasteiger partial charge in [0.25, 0.3) is 0 Å². The largest absolute Gasteiger partial charge is 0.255 e. The summed E-state index contributed by atoms with van der Waals surface area (Å²) in [4.78, 5) is 9.57. The van der Waals surface area contributed by atoms with Crippen molar-refractivity contribution in [1.82, 2.24) is 9.97 Å². The van der Waals surface area contributed by atoms with E-state index < -0.39 is 0 Å². The number of hydrogen-bond acceptors (Lipinski definition) is 2. The minimum Gasteiger partial charge on any atom is -0.255 e. The van der Waals surface area contributed by atoms with Crippen molar-refractivity contribution in [2.24, 2.45) is 0 Å². The summed E-state index contributed by atoms with van der Waals surface area (Å²) >= 11 is 0. The van der Waals surface area contributed by atoms with Gasteiger partial charge in [0.15, 0.2) is 0 Å². The van der Waals surface area contributed by atoms with Crippen LogP contribution in [0.5, 0.6) is 0 Å². The van der Waals surface area contributed by atoms with E-state index in [4.69, 9.17) is 4.98 Å². The van der Waals surface area contributed by atoms with E-state index in [2.05, 4.69) is 95.1 Å². The maximum absolute atomic E-state index is 4.95. The van der Waals surface area contributed by atoms with E-state index in [1.165, 1.54) is 11.1 Å². The van der Waals surface area contributed by atoms with E-state index >= 15 is 0 Å². The molecule has 0 radical (unpaired) electrons. The maximum Gasteiger partial charge on any atom is 0.0896 e. The van der Waals surface area contributed by atoms with Crippen molar-refractivity contribution < 1.29 is 0 Å². The van der Waals surface area contributed by atoms with E-state index in [0.29, 0.717) is 0 Å². The van der Waals surface area contributed by atoms with Crippen LogP contribution in [-0.4, -0.2) is 9.97 Å². The van der Waals surface area contributed by atoms with Crippen molar-refractivity contribution in [1.29, 1.82) is 0 Å². The third kappa shape index (κ3) is 4.01. The average molecular weight is 345 g/mol. The Kier molecular flexibility index (Phi) is 4.70. The second kappa shape index (κ2) is 6.68. The zero-order chi connectivity index (χ0) is 18.9. The highest BCUT2D eigenvalue weighted by Crippen LogP contribution is 2.31. The summed E-state index contributed by atoms with van der Waals surface area (Å²) in [5.41, 5.74) is 6.66. The van der Waals surface area contributed by atoms with Crippen molar-refractivity contribution in [3.8, 4) is 22.6 Å². The van der Waals surface area contributed by atoms with Crippen LogP contribution in [0.4, 0.5) is 0 Å². The van der Waals surface area contributed by atoms with Crippen LogP contribution in [0, 0.1) is 0 Å². The lowest BCUT2D eigenvalue weighted by Crippen LogP contribution is -2.13. The molecule has 0 bridgehead atoms. The van der Waals surface area contributed by atoms with Gasteiger partial charge in [0.1, 0.15) is 0 Å². The first kappa shape index (κ1) is 18.3. The molecule has 0 unspecified atom stereocenters. The van der Waals surface area contributed by atoms with E-state index in [0.717, 1.165) is 22.6 Å². The van der Waals surface area contributed by atoms with Crippen molar-refractivity contribution in [2.45, 2.75) is 52.4 Å². The molecule has 2 heteroatoms. The molecule has 3 aromatic rings. The van der Waals surface area contributed by atoms with Gasteiger partial charge in [-0.15, -0.1) is 0 Å². The smallest absolute Gasteiger partial charge is 0.0896 e. The summed E-state index contributed by atoms with van der Waals surface area (Å²) in [6, 6.07) is 19.0. The molecule has 0 aliphatic heterocycles. The fourth-order valence-electron chi connectivity index (χ4n) is 2.89. The summed E-state index contributed by atoms with van der Waals surface area (Å²) in [7, 11) is 0. The molecule has 0 N–H and O–H groups in total. The molecule has 2 nitrogen and oxygen atoms in total. The van der Waals surface area contributed by atoms with Gasteiger partial charge in [-0.2, -0.15) is 0 Å². The molecule has 0 spiro atoms. The van der Waals surface area contributed by atoms with Gasteiger partial charge in [0.2, 0.25) is 0 Å². The number of hydrogen-bond donors (Lipinski definition) is 0. The van der Waals surface area contributed by atoms with Crippen LogP contribution in [0.3, 0.4) is 0 Å². The van der Waals surface area contributed by atoms with Gasteiger partial charge in [0.05, 0.1) is 17.1 Å². The molecular weight excluding hydrogens is 316 g/mol. The summed E-state index contributed by atoms with van der Waals surface area (Å²) in [5, 5.41) is 0. The highest BCUT2D eigenvalue weighted by atomic mass is 14.8. The number of aromatic nitrogens is 2. The van der Waals surface area contributed by atoms with Crippen molar-refractivity contribution in [3.63, 3.8) is 0 Å². The van der Waals surface area contributed by atoms with Crippen LogP contribution in [0.2, 0.25) is 0 Å². The van der Waals surface area contributed by atoms with E-state index in [-0.39, 0.29) is 10.8 Å². The predicted molar refractivity (Wildman–Crippen MR) is 110 cm³/mol. The lowest BCUT2D eigenvalue weighted by molar-refractivity contribution is 0.588. The maximum atomic E-state index is 4.95. The summed E-state index contributed by atoms with van der Waals surface area (Å²) in [6.07, 6.45) is 1.89. The van der Waals surface area contributed by atoms with Gasteiger partial charge in [-0.3, -0.25) is 4.98 Å². The molecule has 3 rings (SSSR count). The van der Waals surface area contributed by atoms with E-state index in [9.17, 15) is 0 Å². The molecule has 0 saturated carbocycles. The summed E-state index contributed by atoms with van der Waals surface area (Å²) in [6.45, 7) is 13.4. The van der Waals surface area contributed by atoms with Gasteiger partial charge in [-0.05, 0) is 46.2 Å². The van der Waals surface area contributed by atoms with Crippen LogP contribution in [0.15, 0.2) is 60.8 Å². The van der Waals surface area contributed by atoms with Crippen molar-refractivity contribution in [3.05, 3.63) is 71.9 Å². The molecule has 0 aliphatic carbocycles. The number of pyridine rings is 2. The zero-order valence-corrected chi connectivity index (χ0v) is 16.7. The lowest BCUT2D eigenvalue weighted by Gasteiger charge is -2.22. The molecule has 0 aliphatic rings. The van der Waals surface area contributed by atoms with Gasteiger partial charge >= 0.3 is 0 Å². The fraction of sp³-hybridized carbons (Fsp3) is 0.333. The Morgan fingerprint density at radius 1 is 0.615 bits per heavy atom. The average Bonchev–Trinajstić information content (AvgIpc) is 2.61. The van der Waals surface area contributed by atoms with Crippen LogP contribution in [0.1, 0.15) is 52.7 Å². The normalized spacial score (nSPS) is 12.2. The molecule has 0 fully saturated rings. The zero-order valence-electron chi connectivity index (χ0n) is 16.7. The van der Waals surface area contributed by atoms with E-state index in [1.54, 1.807) is 0 Å². The number of benzene rings is 1. The first-order valence-electron chi connectivity index (χ1n) is 9.19. The second-order valence-electron chi connectivity index (χ2n) is 8.92. The summed E-state index contributed by atoms with van der Waals surface area (Å²) in [5.74, 6) is 0. The monoisotopic (exact) mass is 344 g/mol.